The molecule has 2 unspecified atom stereocenters. The van der Waals surface area contributed by atoms with Crippen molar-refractivity contribution in [3.63, 3.8) is 0 Å². The number of phenolic OH excluding ortho intramolecular Hbond substituents is 1. The van der Waals surface area contributed by atoms with Crippen LogP contribution in [0.3, 0.4) is 0 Å². The minimum Gasteiger partial charge on any atom is -0.508 e. The summed E-state index contributed by atoms with van der Waals surface area (Å²) in [5, 5.41) is 12.3. The molecular weight excluding hydrogens is 238 g/mol. The van der Waals surface area contributed by atoms with Crippen LogP contribution in [0.25, 0.3) is 0 Å². The maximum absolute atomic E-state index is 11.9. The molecule has 0 heterocycles. The Morgan fingerprint density at radius 2 is 2.12 bits per heavy atom. The quantitative estimate of drug-likeness (QED) is 0.813. The van der Waals surface area contributed by atoms with Gasteiger partial charge in [-0.15, -0.1) is 11.6 Å². The molecule has 1 aromatic carbocycles. The van der Waals surface area contributed by atoms with Crippen molar-refractivity contribution in [1.29, 1.82) is 0 Å². The summed E-state index contributed by atoms with van der Waals surface area (Å²) in [5.74, 6) is 0.0573. The third-order valence-corrected chi connectivity index (χ3v) is 2.69. The van der Waals surface area contributed by atoms with Gasteiger partial charge in [0.1, 0.15) is 5.75 Å². The first-order valence-corrected chi connectivity index (χ1v) is 6.08. The summed E-state index contributed by atoms with van der Waals surface area (Å²) >= 11 is 5.86. The number of carbonyl (C=O) groups is 1. The van der Waals surface area contributed by atoms with E-state index in [9.17, 15) is 9.90 Å². The summed E-state index contributed by atoms with van der Waals surface area (Å²) in [5.41, 5.74) is 1.24. The Kier molecular flexibility index (Phi) is 4.82. The monoisotopic (exact) mass is 255 g/mol. The number of hydrogen-bond acceptors (Lipinski definition) is 2. The molecule has 17 heavy (non-hydrogen) atoms. The molecule has 2 atom stereocenters. The predicted molar refractivity (Wildman–Crippen MR) is 69.7 cm³/mol. The Hall–Kier alpha value is -1.22. The van der Waals surface area contributed by atoms with Gasteiger partial charge in [-0.25, -0.2) is 0 Å². The number of hydrogen-bond donors (Lipinski definition) is 2. The second-order valence-corrected chi connectivity index (χ2v) is 5.14. The van der Waals surface area contributed by atoms with Crippen LogP contribution in [-0.4, -0.2) is 22.4 Å². The maximum atomic E-state index is 11.9. The zero-order chi connectivity index (χ0) is 13.0. The molecule has 94 valence electrons. The molecule has 0 aliphatic heterocycles. The Labute approximate surface area is 107 Å². The number of benzene rings is 1. The molecule has 0 aliphatic rings. The number of carbonyl (C=O) groups excluding carboxylic acids is 1. The molecule has 1 rings (SSSR count). The van der Waals surface area contributed by atoms with Crippen molar-refractivity contribution in [1.82, 2.24) is 5.32 Å². The van der Waals surface area contributed by atoms with Crippen molar-refractivity contribution in [3.8, 4) is 5.75 Å². The van der Waals surface area contributed by atoms with Crippen molar-refractivity contribution in [2.45, 2.75) is 38.6 Å². The second kappa shape index (κ2) is 5.92. The Morgan fingerprint density at radius 1 is 1.47 bits per heavy atom. The number of aromatic hydroxyl groups is 1. The lowest BCUT2D eigenvalue weighted by molar-refractivity contribution is 0.0938. The smallest absolute Gasteiger partial charge is 0.251 e. The highest BCUT2D eigenvalue weighted by atomic mass is 35.5. The number of aryl methyl sites for hydroxylation is 1. The van der Waals surface area contributed by atoms with Crippen LogP contribution in [0.1, 0.15) is 36.2 Å². The van der Waals surface area contributed by atoms with Gasteiger partial charge in [-0.3, -0.25) is 4.79 Å². The van der Waals surface area contributed by atoms with E-state index in [4.69, 9.17) is 11.6 Å². The van der Waals surface area contributed by atoms with Gasteiger partial charge in [0.2, 0.25) is 0 Å². The van der Waals surface area contributed by atoms with E-state index in [1.807, 2.05) is 13.8 Å². The Balaban J connectivity index is 2.66. The zero-order valence-corrected chi connectivity index (χ0v) is 11.1. The summed E-state index contributed by atoms with van der Waals surface area (Å²) in [6.45, 7) is 5.58. The summed E-state index contributed by atoms with van der Waals surface area (Å²) < 4.78 is 0. The van der Waals surface area contributed by atoms with Gasteiger partial charge >= 0.3 is 0 Å². The molecule has 0 saturated carbocycles. The van der Waals surface area contributed by atoms with Gasteiger partial charge in [-0.05, 0) is 51.0 Å². The molecular formula is C13H18ClNO2. The summed E-state index contributed by atoms with van der Waals surface area (Å²) in [4.78, 5) is 11.9. The third-order valence-electron chi connectivity index (χ3n) is 2.51. The van der Waals surface area contributed by atoms with Crippen LogP contribution in [-0.2, 0) is 0 Å². The van der Waals surface area contributed by atoms with Gasteiger partial charge in [0.05, 0.1) is 0 Å². The molecule has 1 amide bonds. The van der Waals surface area contributed by atoms with E-state index in [1.165, 1.54) is 6.07 Å². The topological polar surface area (TPSA) is 49.3 Å². The van der Waals surface area contributed by atoms with Crippen molar-refractivity contribution in [2.75, 3.05) is 0 Å². The average molecular weight is 256 g/mol. The number of phenols is 1. The van der Waals surface area contributed by atoms with Crippen molar-refractivity contribution in [2.24, 2.45) is 0 Å². The van der Waals surface area contributed by atoms with Crippen molar-refractivity contribution in [3.05, 3.63) is 29.3 Å². The molecule has 0 fully saturated rings. The second-order valence-electron chi connectivity index (χ2n) is 4.39. The highest BCUT2D eigenvalue weighted by Gasteiger charge is 2.12. The van der Waals surface area contributed by atoms with Crippen LogP contribution < -0.4 is 5.32 Å². The minimum absolute atomic E-state index is 0.0316. The molecule has 0 saturated heterocycles. The van der Waals surface area contributed by atoms with Crippen LogP contribution in [0.5, 0.6) is 5.75 Å². The lowest BCUT2D eigenvalue weighted by Gasteiger charge is -2.15. The van der Waals surface area contributed by atoms with Crippen molar-refractivity contribution >= 4 is 17.5 Å². The molecule has 3 nitrogen and oxygen atoms in total. The number of rotatable bonds is 4. The SMILES string of the molecule is Cc1cc(C(=O)NC(C)CC(C)Cl)ccc1O. The lowest BCUT2D eigenvalue weighted by Crippen LogP contribution is -2.33. The van der Waals surface area contributed by atoms with E-state index in [2.05, 4.69) is 5.32 Å². The van der Waals surface area contributed by atoms with Gasteiger partial charge in [0.15, 0.2) is 0 Å². The summed E-state index contributed by atoms with van der Waals surface area (Å²) in [6.07, 6.45) is 0.727. The van der Waals surface area contributed by atoms with Gasteiger partial charge in [-0.2, -0.15) is 0 Å². The van der Waals surface area contributed by atoms with Crippen molar-refractivity contribution < 1.29 is 9.90 Å². The molecule has 0 aromatic heterocycles. The first-order valence-electron chi connectivity index (χ1n) is 5.64. The van der Waals surface area contributed by atoms with E-state index in [-0.39, 0.29) is 23.1 Å². The highest BCUT2D eigenvalue weighted by Crippen LogP contribution is 2.17. The van der Waals surface area contributed by atoms with Crippen LogP contribution in [0.4, 0.5) is 0 Å². The fourth-order valence-corrected chi connectivity index (χ4v) is 1.92. The summed E-state index contributed by atoms with van der Waals surface area (Å²) in [6, 6.07) is 4.83. The van der Waals surface area contributed by atoms with Crippen LogP contribution >= 0.6 is 11.6 Å². The number of halogens is 1. The lowest BCUT2D eigenvalue weighted by atomic mass is 10.1. The number of nitrogens with one attached hydrogen (secondary N) is 1. The molecule has 0 radical (unpaired) electrons. The fraction of sp³-hybridized carbons (Fsp3) is 0.462. The van der Waals surface area contributed by atoms with Crippen LogP contribution in [0, 0.1) is 6.92 Å². The van der Waals surface area contributed by atoms with E-state index in [1.54, 1.807) is 19.1 Å². The van der Waals surface area contributed by atoms with E-state index in [0.29, 0.717) is 11.1 Å². The Morgan fingerprint density at radius 3 is 2.65 bits per heavy atom. The van der Waals surface area contributed by atoms with Crippen LogP contribution in [0.15, 0.2) is 18.2 Å². The summed E-state index contributed by atoms with van der Waals surface area (Å²) in [7, 11) is 0. The largest absolute Gasteiger partial charge is 0.508 e. The average Bonchev–Trinajstić information content (AvgIpc) is 2.20. The number of amides is 1. The van der Waals surface area contributed by atoms with E-state index >= 15 is 0 Å². The maximum Gasteiger partial charge on any atom is 0.251 e. The van der Waals surface area contributed by atoms with Gasteiger partial charge in [-0.1, -0.05) is 0 Å². The van der Waals surface area contributed by atoms with E-state index in [0.717, 1.165) is 6.42 Å². The zero-order valence-electron chi connectivity index (χ0n) is 10.3. The third kappa shape index (κ3) is 4.27. The standard InChI is InChI=1S/C13H18ClNO2/c1-8-6-11(4-5-12(8)16)13(17)15-10(3)7-9(2)14/h4-6,9-10,16H,7H2,1-3H3,(H,15,17). The fourth-order valence-electron chi connectivity index (χ4n) is 1.65. The Bertz CT molecular complexity index is 404. The molecule has 0 bridgehead atoms. The molecule has 0 spiro atoms. The van der Waals surface area contributed by atoms with Crippen LogP contribution in [0.2, 0.25) is 0 Å². The van der Waals surface area contributed by atoms with Gasteiger partial charge in [0, 0.05) is 17.0 Å². The minimum atomic E-state index is -0.141. The molecule has 1 aromatic rings. The normalized spacial score (nSPS) is 14.1. The van der Waals surface area contributed by atoms with E-state index < -0.39 is 0 Å². The van der Waals surface area contributed by atoms with Gasteiger partial charge < -0.3 is 10.4 Å². The first kappa shape index (κ1) is 13.8. The van der Waals surface area contributed by atoms with Gasteiger partial charge in [0.25, 0.3) is 5.91 Å². The predicted octanol–water partition coefficient (Wildman–Crippen LogP) is 2.84. The first-order chi connectivity index (χ1) is 7.90. The molecule has 4 heteroatoms. The number of alkyl halides is 1. The molecule has 2 N–H and O–H groups in total. The molecule has 0 aliphatic carbocycles. The highest BCUT2D eigenvalue weighted by molar-refractivity contribution is 6.20.